The summed E-state index contributed by atoms with van der Waals surface area (Å²) < 4.78 is 0. The van der Waals surface area contributed by atoms with Crippen molar-refractivity contribution in [2.45, 2.75) is 13.8 Å². The molecule has 3 aromatic carbocycles. The molecule has 94 valence electrons. The molecule has 0 aromatic heterocycles. The molecule has 0 unspecified atom stereocenters. The van der Waals surface area contributed by atoms with Crippen LogP contribution in [0.25, 0.3) is 21.9 Å². The van der Waals surface area contributed by atoms with E-state index in [9.17, 15) is 0 Å². The van der Waals surface area contributed by atoms with Crippen LogP contribution in [0.2, 0.25) is 0 Å². The van der Waals surface area contributed by atoms with Gasteiger partial charge in [-0.05, 0) is 59.0 Å². The van der Waals surface area contributed by atoms with Gasteiger partial charge in [-0.2, -0.15) is 0 Å². The van der Waals surface area contributed by atoms with Gasteiger partial charge in [-0.25, -0.2) is 0 Å². The van der Waals surface area contributed by atoms with Gasteiger partial charge in [0.25, 0.3) is 0 Å². The molecule has 0 spiro atoms. The fraction of sp³-hybridized carbons (Fsp3) is 0.111. The lowest BCUT2D eigenvalue weighted by Crippen LogP contribution is -1.90. The van der Waals surface area contributed by atoms with Gasteiger partial charge in [-0.3, -0.25) is 0 Å². The van der Waals surface area contributed by atoms with Crippen molar-refractivity contribution in [1.82, 2.24) is 0 Å². The van der Waals surface area contributed by atoms with Gasteiger partial charge in [0.1, 0.15) is 0 Å². The van der Waals surface area contributed by atoms with E-state index >= 15 is 0 Å². The molecule has 0 radical (unpaired) electrons. The summed E-state index contributed by atoms with van der Waals surface area (Å²) >= 11 is 0. The third-order valence-electron chi connectivity index (χ3n) is 3.69. The molecule has 1 heteroatoms. The molecule has 0 fully saturated rings. The molecule has 3 aromatic rings. The Balaban J connectivity index is 2.37. The first-order valence-corrected chi connectivity index (χ1v) is 6.51. The Labute approximate surface area is 113 Å². The van der Waals surface area contributed by atoms with Crippen molar-refractivity contribution in [3.63, 3.8) is 0 Å². The van der Waals surface area contributed by atoms with Crippen LogP contribution in [0.5, 0.6) is 0 Å². The summed E-state index contributed by atoms with van der Waals surface area (Å²) in [7, 11) is 0. The molecule has 0 aliphatic rings. The van der Waals surface area contributed by atoms with Crippen LogP contribution in [0.3, 0.4) is 0 Å². The number of aryl methyl sites for hydroxylation is 2. The van der Waals surface area contributed by atoms with E-state index < -0.39 is 0 Å². The SMILES string of the molecule is Cc1ccc(N)cc1-c1ccc(C)c2ccccc12. The number of hydrogen-bond donors (Lipinski definition) is 1. The highest BCUT2D eigenvalue weighted by Crippen LogP contribution is 2.33. The van der Waals surface area contributed by atoms with Gasteiger partial charge in [0.15, 0.2) is 0 Å². The van der Waals surface area contributed by atoms with Crippen LogP contribution in [0.1, 0.15) is 11.1 Å². The molecule has 19 heavy (non-hydrogen) atoms. The molecule has 0 saturated carbocycles. The van der Waals surface area contributed by atoms with E-state index in [1.807, 2.05) is 6.07 Å². The highest BCUT2D eigenvalue weighted by Gasteiger charge is 2.08. The number of fused-ring (bicyclic) bond motifs is 1. The highest BCUT2D eigenvalue weighted by atomic mass is 14.5. The monoisotopic (exact) mass is 247 g/mol. The molecule has 0 aliphatic heterocycles. The second-order valence-corrected chi connectivity index (χ2v) is 5.05. The van der Waals surface area contributed by atoms with Gasteiger partial charge < -0.3 is 5.73 Å². The Kier molecular flexibility index (Phi) is 2.75. The molecule has 0 atom stereocenters. The maximum absolute atomic E-state index is 5.94. The number of nitrogen functional groups attached to an aromatic ring is 1. The third-order valence-corrected chi connectivity index (χ3v) is 3.69. The molecule has 2 N–H and O–H groups in total. The Hall–Kier alpha value is -2.28. The summed E-state index contributed by atoms with van der Waals surface area (Å²) in [4.78, 5) is 0. The fourth-order valence-electron chi connectivity index (χ4n) is 2.61. The number of hydrogen-bond acceptors (Lipinski definition) is 1. The van der Waals surface area contributed by atoms with Gasteiger partial charge in [-0.1, -0.05) is 42.5 Å². The second-order valence-electron chi connectivity index (χ2n) is 5.05. The summed E-state index contributed by atoms with van der Waals surface area (Å²) in [5.41, 5.74) is 11.8. The van der Waals surface area contributed by atoms with Gasteiger partial charge in [0.2, 0.25) is 0 Å². The predicted octanol–water partition coefficient (Wildman–Crippen LogP) is 4.71. The van der Waals surface area contributed by atoms with Gasteiger partial charge in [-0.15, -0.1) is 0 Å². The standard InChI is InChI=1S/C18H17N/c1-12-8-10-17(16-6-4-3-5-15(12)16)18-11-14(19)9-7-13(18)2/h3-11H,19H2,1-2H3. The maximum atomic E-state index is 5.94. The van der Waals surface area contributed by atoms with E-state index in [1.54, 1.807) is 0 Å². The Morgan fingerprint density at radius 2 is 1.37 bits per heavy atom. The Morgan fingerprint density at radius 1 is 0.684 bits per heavy atom. The summed E-state index contributed by atoms with van der Waals surface area (Å²) in [6.07, 6.45) is 0. The number of benzene rings is 3. The second kappa shape index (κ2) is 4.43. The minimum Gasteiger partial charge on any atom is -0.399 e. The number of rotatable bonds is 1. The molecular weight excluding hydrogens is 230 g/mol. The molecule has 0 amide bonds. The zero-order valence-electron chi connectivity index (χ0n) is 11.3. The maximum Gasteiger partial charge on any atom is 0.0320 e. The molecule has 0 heterocycles. The Morgan fingerprint density at radius 3 is 2.16 bits per heavy atom. The minimum atomic E-state index is 0.810. The average Bonchev–Trinajstić information content (AvgIpc) is 2.43. The van der Waals surface area contributed by atoms with E-state index in [1.165, 1.54) is 33.0 Å². The third kappa shape index (κ3) is 1.97. The highest BCUT2D eigenvalue weighted by molar-refractivity contribution is 5.99. The molecule has 0 bridgehead atoms. The van der Waals surface area contributed by atoms with Crippen LogP contribution in [0.15, 0.2) is 54.6 Å². The molecule has 3 rings (SSSR count). The van der Waals surface area contributed by atoms with E-state index in [0.29, 0.717) is 0 Å². The van der Waals surface area contributed by atoms with Gasteiger partial charge in [0.05, 0.1) is 0 Å². The van der Waals surface area contributed by atoms with Crippen molar-refractivity contribution in [3.8, 4) is 11.1 Å². The summed E-state index contributed by atoms with van der Waals surface area (Å²) in [5, 5.41) is 2.60. The lowest BCUT2D eigenvalue weighted by molar-refractivity contribution is 1.46. The minimum absolute atomic E-state index is 0.810. The fourth-order valence-corrected chi connectivity index (χ4v) is 2.61. The van der Waals surface area contributed by atoms with Crippen LogP contribution in [-0.2, 0) is 0 Å². The van der Waals surface area contributed by atoms with Gasteiger partial charge >= 0.3 is 0 Å². The van der Waals surface area contributed by atoms with Crippen molar-refractivity contribution in [2.75, 3.05) is 5.73 Å². The van der Waals surface area contributed by atoms with Crippen LogP contribution in [0.4, 0.5) is 5.69 Å². The first-order valence-electron chi connectivity index (χ1n) is 6.51. The smallest absolute Gasteiger partial charge is 0.0320 e. The van der Waals surface area contributed by atoms with Crippen LogP contribution in [0, 0.1) is 13.8 Å². The van der Waals surface area contributed by atoms with E-state index in [-0.39, 0.29) is 0 Å². The molecule has 0 aliphatic carbocycles. The zero-order valence-corrected chi connectivity index (χ0v) is 11.3. The zero-order chi connectivity index (χ0) is 13.4. The summed E-state index contributed by atoms with van der Waals surface area (Å²) in [5.74, 6) is 0. The van der Waals surface area contributed by atoms with E-state index in [4.69, 9.17) is 5.73 Å². The molecule has 0 saturated heterocycles. The quantitative estimate of drug-likeness (QED) is 0.619. The first kappa shape index (κ1) is 11.8. The van der Waals surface area contributed by atoms with Crippen LogP contribution < -0.4 is 5.73 Å². The summed E-state index contributed by atoms with van der Waals surface area (Å²) in [6, 6.07) is 19.0. The van der Waals surface area contributed by atoms with Gasteiger partial charge in [0, 0.05) is 5.69 Å². The average molecular weight is 247 g/mol. The Bertz CT molecular complexity index is 757. The van der Waals surface area contributed by atoms with Crippen LogP contribution in [-0.4, -0.2) is 0 Å². The van der Waals surface area contributed by atoms with Crippen molar-refractivity contribution in [1.29, 1.82) is 0 Å². The topological polar surface area (TPSA) is 26.0 Å². The first-order chi connectivity index (χ1) is 9.16. The normalized spacial score (nSPS) is 10.8. The lowest BCUT2D eigenvalue weighted by Gasteiger charge is -2.12. The molecular formula is C18H17N. The van der Waals surface area contributed by atoms with Crippen molar-refractivity contribution >= 4 is 16.5 Å². The largest absolute Gasteiger partial charge is 0.399 e. The predicted molar refractivity (Wildman–Crippen MR) is 83.3 cm³/mol. The molecule has 1 nitrogen and oxygen atoms in total. The van der Waals surface area contributed by atoms with Crippen molar-refractivity contribution in [2.24, 2.45) is 0 Å². The van der Waals surface area contributed by atoms with Crippen molar-refractivity contribution < 1.29 is 0 Å². The number of nitrogens with two attached hydrogens (primary N) is 1. The van der Waals surface area contributed by atoms with Crippen molar-refractivity contribution in [3.05, 3.63) is 65.7 Å². The lowest BCUT2D eigenvalue weighted by atomic mass is 9.93. The number of anilines is 1. The summed E-state index contributed by atoms with van der Waals surface area (Å²) in [6.45, 7) is 4.28. The van der Waals surface area contributed by atoms with E-state index in [0.717, 1.165) is 5.69 Å². The van der Waals surface area contributed by atoms with Crippen LogP contribution >= 0.6 is 0 Å². The van der Waals surface area contributed by atoms with E-state index in [2.05, 4.69) is 62.4 Å².